The normalized spacial score (nSPS) is 11.9. The molecule has 0 radical (unpaired) electrons. The smallest absolute Gasteiger partial charge is 0.229 e. The summed E-state index contributed by atoms with van der Waals surface area (Å²) in [6, 6.07) is 12.0. The fourth-order valence-corrected chi connectivity index (χ4v) is 5.82. The van der Waals surface area contributed by atoms with Gasteiger partial charge in [0.2, 0.25) is 5.91 Å². The highest BCUT2D eigenvalue weighted by molar-refractivity contribution is 7.91. The molecule has 2 aromatic carbocycles. The summed E-state index contributed by atoms with van der Waals surface area (Å²) in [6.45, 7) is 9.08. The Labute approximate surface area is 198 Å². The SMILES string of the molecule is CCN(CC)CCN(C(=O)CCS(=O)(=O)c1ccc(Cl)cc1)c1nc2ccc(C)cc2s1. The van der Waals surface area contributed by atoms with Gasteiger partial charge < -0.3 is 4.90 Å². The quantitative estimate of drug-likeness (QED) is 0.406. The van der Waals surface area contributed by atoms with E-state index < -0.39 is 9.84 Å². The topological polar surface area (TPSA) is 70.6 Å². The minimum Gasteiger partial charge on any atom is -0.302 e. The summed E-state index contributed by atoms with van der Waals surface area (Å²) in [6.07, 6.45) is -0.113. The van der Waals surface area contributed by atoms with E-state index in [1.807, 2.05) is 19.1 Å². The van der Waals surface area contributed by atoms with Crippen LogP contribution < -0.4 is 4.90 Å². The highest BCUT2D eigenvalue weighted by Crippen LogP contribution is 2.30. The molecule has 0 saturated carbocycles. The molecule has 3 aromatic rings. The minimum atomic E-state index is -3.59. The van der Waals surface area contributed by atoms with Crippen LogP contribution in [0.1, 0.15) is 25.8 Å². The lowest BCUT2D eigenvalue weighted by Gasteiger charge is -2.24. The second kappa shape index (κ2) is 10.7. The number of anilines is 1. The largest absolute Gasteiger partial charge is 0.302 e. The minimum absolute atomic E-state index is 0.113. The first-order chi connectivity index (χ1) is 15.2. The molecule has 3 rings (SSSR count). The van der Waals surface area contributed by atoms with Crippen molar-refractivity contribution in [3.63, 3.8) is 0 Å². The van der Waals surface area contributed by atoms with Crippen LogP contribution in [0.5, 0.6) is 0 Å². The number of benzene rings is 2. The molecule has 0 aliphatic heterocycles. The average Bonchev–Trinajstić information content (AvgIpc) is 3.18. The molecule has 0 aliphatic carbocycles. The fourth-order valence-electron chi connectivity index (χ4n) is 3.36. The number of fused-ring (bicyclic) bond motifs is 1. The lowest BCUT2D eigenvalue weighted by Crippen LogP contribution is -2.39. The standard InChI is InChI=1S/C23H28ClN3O3S2/c1-4-26(5-2)13-14-27(23-25-20-11-6-17(3)16-21(20)31-23)22(28)12-15-32(29,30)19-9-7-18(24)8-10-19/h6-11,16H,4-5,12-15H2,1-3H3. The highest BCUT2D eigenvalue weighted by Gasteiger charge is 2.23. The van der Waals surface area contributed by atoms with Crippen molar-refractivity contribution in [2.24, 2.45) is 0 Å². The summed E-state index contributed by atoms with van der Waals surface area (Å²) in [5.74, 6) is -0.510. The van der Waals surface area contributed by atoms with Crippen molar-refractivity contribution < 1.29 is 13.2 Å². The van der Waals surface area contributed by atoms with E-state index in [0.717, 1.165) is 28.9 Å². The number of hydrogen-bond donors (Lipinski definition) is 0. The number of hydrogen-bond acceptors (Lipinski definition) is 6. The van der Waals surface area contributed by atoms with E-state index in [2.05, 4.69) is 29.8 Å². The van der Waals surface area contributed by atoms with Crippen LogP contribution in [0.3, 0.4) is 0 Å². The van der Waals surface area contributed by atoms with Crippen molar-refractivity contribution >= 4 is 54.0 Å². The van der Waals surface area contributed by atoms with Gasteiger partial charge in [-0.1, -0.05) is 42.9 Å². The second-order valence-electron chi connectivity index (χ2n) is 7.56. The van der Waals surface area contributed by atoms with Crippen LogP contribution >= 0.6 is 22.9 Å². The molecule has 172 valence electrons. The van der Waals surface area contributed by atoms with Gasteiger partial charge in [0, 0.05) is 24.5 Å². The maximum absolute atomic E-state index is 13.2. The summed E-state index contributed by atoms with van der Waals surface area (Å²) in [4.78, 5) is 21.9. The number of carbonyl (C=O) groups excluding carboxylic acids is 1. The Morgan fingerprint density at radius 3 is 2.41 bits per heavy atom. The molecule has 6 nitrogen and oxygen atoms in total. The van der Waals surface area contributed by atoms with Gasteiger partial charge in [-0.2, -0.15) is 0 Å². The van der Waals surface area contributed by atoms with Gasteiger partial charge in [0.1, 0.15) is 0 Å². The van der Waals surface area contributed by atoms with Crippen molar-refractivity contribution in [3.8, 4) is 0 Å². The molecular formula is C23H28ClN3O3S2. The van der Waals surface area contributed by atoms with Gasteiger partial charge in [0.05, 0.1) is 20.9 Å². The van der Waals surface area contributed by atoms with Crippen molar-refractivity contribution in [1.82, 2.24) is 9.88 Å². The third-order valence-corrected chi connectivity index (χ3v) is 8.38. The van der Waals surface area contributed by atoms with Crippen molar-refractivity contribution in [3.05, 3.63) is 53.1 Å². The lowest BCUT2D eigenvalue weighted by atomic mass is 10.2. The number of nitrogens with zero attached hydrogens (tertiary/aromatic N) is 3. The number of rotatable bonds is 10. The van der Waals surface area contributed by atoms with E-state index in [1.54, 1.807) is 4.90 Å². The molecule has 0 spiro atoms. The molecule has 0 N–H and O–H groups in total. The molecule has 0 unspecified atom stereocenters. The van der Waals surface area contributed by atoms with Crippen LogP contribution in [0.2, 0.25) is 5.02 Å². The zero-order valence-electron chi connectivity index (χ0n) is 18.5. The third-order valence-electron chi connectivity index (χ3n) is 5.36. The number of amides is 1. The zero-order valence-corrected chi connectivity index (χ0v) is 20.9. The predicted octanol–water partition coefficient (Wildman–Crippen LogP) is 4.80. The summed E-state index contributed by atoms with van der Waals surface area (Å²) < 4.78 is 26.4. The van der Waals surface area contributed by atoms with Crippen LogP contribution in [0.4, 0.5) is 5.13 Å². The maximum atomic E-state index is 13.2. The number of aryl methyl sites for hydroxylation is 1. The summed E-state index contributed by atoms with van der Waals surface area (Å²) in [5.41, 5.74) is 1.97. The first-order valence-corrected chi connectivity index (χ1v) is 13.5. The first kappa shape index (κ1) is 24.6. The van der Waals surface area contributed by atoms with Gasteiger partial charge in [-0.05, 0) is 62.0 Å². The first-order valence-electron chi connectivity index (χ1n) is 10.6. The lowest BCUT2D eigenvalue weighted by molar-refractivity contribution is -0.118. The number of sulfone groups is 1. The molecule has 0 atom stereocenters. The van der Waals surface area contributed by atoms with Gasteiger partial charge in [0.25, 0.3) is 0 Å². The molecule has 0 saturated heterocycles. The van der Waals surface area contributed by atoms with Crippen LogP contribution in [-0.2, 0) is 14.6 Å². The maximum Gasteiger partial charge on any atom is 0.229 e. The second-order valence-corrected chi connectivity index (χ2v) is 11.1. The molecule has 32 heavy (non-hydrogen) atoms. The van der Waals surface area contributed by atoms with Gasteiger partial charge in [-0.25, -0.2) is 13.4 Å². The molecule has 1 amide bonds. The predicted molar refractivity (Wildman–Crippen MR) is 133 cm³/mol. The van der Waals surface area contributed by atoms with Crippen molar-refractivity contribution in [1.29, 1.82) is 0 Å². The number of carbonyl (C=O) groups is 1. The molecule has 9 heteroatoms. The monoisotopic (exact) mass is 493 g/mol. The Hall–Kier alpha value is -2.00. The van der Waals surface area contributed by atoms with Gasteiger partial charge >= 0.3 is 0 Å². The van der Waals surface area contributed by atoms with E-state index in [-0.39, 0.29) is 23.0 Å². The molecule has 1 heterocycles. The molecule has 0 bridgehead atoms. The highest BCUT2D eigenvalue weighted by atomic mass is 35.5. The molecule has 0 fully saturated rings. The Morgan fingerprint density at radius 1 is 1.06 bits per heavy atom. The van der Waals surface area contributed by atoms with Crippen molar-refractivity contribution in [2.45, 2.75) is 32.1 Å². The van der Waals surface area contributed by atoms with Crippen LogP contribution in [0.15, 0.2) is 47.4 Å². The molecule has 1 aromatic heterocycles. The summed E-state index contributed by atoms with van der Waals surface area (Å²) >= 11 is 7.32. The Kier molecular flexibility index (Phi) is 8.27. The van der Waals surface area contributed by atoms with Crippen LogP contribution in [0, 0.1) is 6.92 Å². The number of halogens is 1. The van der Waals surface area contributed by atoms with Gasteiger partial charge in [-0.15, -0.1) is 0 Å². The van der Waals surface area contributed by atoms with E-state index in [9.17, 15) is 13.2 Å². The van der Waals surface area contributed by atoms with E-state index in [0.29, 0.717) is 23.2 Å². The molecular weight excluding hydrogens is 466 g/mol. The fraction of sp³-hybridized carbons (Fsp3) is 0.391. The van der Waals surface area contributed by atoms with Gasteiger partial charge in [-0.3, -0.25) is 9.69 Å². The number of aromatic nitrogens is 1. The average molecular weight is 494 g/mol. The summed E-state index contributed by atoms with van der Waals surface area (Å²) in [5, 5.41) is 1.07. The van der Waals surface area contributed by atoms with E-state index in [4.69, 9.17) is 11.6 Å². The number of thiazole rings is 1. The van der Waals surface area contributed by atoms with Gasteiger partial charge in [0.15, 0.2) is 15.0 Å². The molecule has 0 aliphatic rings. The summed E-state index contributed by atoms with van der Waals surface area (Å²) in [7, 11) is -3.59. The van der Waals surface area contributed by atoms with Crippen LogP contribution in [-0.4, -0.2) is 56.1 Å². The Balaban J connectivity index is 1.81. The number of likely N-dealkylation sites (N-methyl/N-ethyl adjacent to an activating group) is 1. The third kappa shape index (κ3) is 6.07. The van der Waals surface area contributed by atoms with E-state index in [1.165, 1.54) is 35.6 Å². The van der Waals surface area contributed by atoms with E-state index >= 15 is 0 Å². The van der Waals surface area contributed by atoms with Crippen LogP contribution in [0.25, 0.3) is 10.2 Å². The zero-order chi connectivity index (χ0) is 23.3. The van der Waals surface area contributed by atoms with Crippen molar-refractivity contribution in [2.75, 3.05) is 36.8 Å². The Bertz CT molecular complexity index is 1170. The Morgan fingerprint density at radius 2 is 1.75 bits per heavy atom.